The minimum Gasteiger partial charge on any atom is -0.497 e. The number of anilines is 1. The van der Waals surface area contributed by atoms with Crippen LogP contribution in [0, 0.1) is 13.8 Å². The summed E-state index contributed by atoms with van der Waals surface area (Å²) in [6, 6.07) is 11.1. The molecule has 0 spiro atoms. The highest BCUT2D eigenvalue weighted by Gasteiger charge is 2.17. The topological polar surface area (TPSA) is 90.1 Å². The van der Waals surface area contributed by atoms with Crippen molar-refractivity contribution in [3.05, 3.63) is 70.6 Å². The monoisotopic (exact) mass is 452 g/mol. The van der Waals surface area contributed by atoms with Crippen molar-refractivity contribution in [3.63, 3.8) is 0 Å². The molecule has 0 radical (unpaired) electrons. The van der Waals surface area contributed by atoms with Crippen LogP contribution >= 0.6 is 23.1 Å². The zero-order valence-electron chi connectivity index (χ0n) is 17.2. The van der Waals surface area contributed by atoms with E-state index in [-0.39, 0.29) is 5.91 Å². The third kappa shape index (κ3) is 4.78. The maximum absolute atomic E-state index is 12.9. The molecule has 0 unspecified atom stereocenters. The molecule has 0 fully saturated rings. The van der Waals surface area contributed by atoms with Crippen LogP contribution in [0.3, 0.4) is 0 Å². The molecule has 0 aliphatic heterocycles. The zero-order valence-corrected chi connectivity index (χ0v) is 18.8. The summed E-state index contributed by atoms with van der Waals surface area (Å²) in [7, 11) is 1.63. The summed E-state index contributed by atoms with van der Waals surface area (Å²) < 4.78 is 10.4. The fraction of sp³-hybridized carbons (Fsp3) is 0.182. The van der Waals surface area contributed by atoms with Crippen LogP contribution in [0.4, 0.5) is 5.13 Å². The van der Waals surface area contributed by atoms with E-state index < -0.39 is 0 Å². The molecule has 3 heterocycles. The van der Waals surface area contributed by atoms with Crippen LogP contribution in [0.5, 0.6) is 5.75 Å². The molecule has 9 heteroatoms. The molecule has 7 nitrogen and oxygen atoms in total. The lowest BCUT2D eigenvalue weighted by Gasteiger charge is -2.07. The van der Waals surface area contributed by atoms with E-state index in [1.165, 1.54) is 23.1 Å². The normalized spacial score (nSPS) is 10.8. The third-order valence-corrected chi connectivity index (χ3v) is 6.45. The lowest BCUT2D eigenvalue weighted by molar-refractivity contribution is 0.102. The van der Waals surface area contributed by atoms with Crippen molar-refractivity contribution in [2.45, 2.75) is 24.6 Å². The highest BCUT2D eigenvalue weighted by Crippen LogP contribution is 2.29. The number of hydrogen-bond donors (Lipinski definition) is 1. The number of aryl methyl sites for hydroxylation is 2. The average molecular weight is 453 g/mol. The number of rotatable bonds is 7. The number of thioether (sulfide) groups is 1. The Hall–Kier alpha value is -3.17. The second-order valence-corrected chi connectivity index (χ2v) is 8.49. The van der Waals surface area contributed by atoms with Gasteiger partial charge in [-0.3, -0.25) is 10.1 Å². The fourth-order valence-corrected chi connectivity index (χ4v) is 4.78. The second kappa shape index (κ2) is 9.32. The minimum absolute atomic E-state index is 0.245. The minimum atomic E-state index is -0.245. The molecule has 0 bridgehead atoms. The molecule has 1 aromatic carbocycles. The van der Waals surface area contributed by atoms with Gasteiger partial charge >= 0.3 is 0 Å². The van der Waals surface area contributed by atoms with Crippen LogP contribution in [-0.4, -0.2) is 28.1 Å². The summed E-state index contributed by atoms with van der Waals surface area (Å²) >= 11 is 2.85. The van der Waals surface area contributed by atoms with Crippen molar-refractivity contribution >= 4 is 34.1 Å². The van der Waals surface area contributed by atoms with Gasteiger partial charge in [0.1, 0.15) is 16.5 Å². The molecule has 31 heavy (non-hydrogen) atoms. The summed E-state index contributed by atoms with van der Waals surface area (Å²) in [5.74, 6) is 1.94. The van der Waals surface area contributed by atoms with Crippen molar-refractivity contribution < 1.29 is 14.1 Å². The van der Waals surface area contributed by atoms with Gasteiger partial charge in [-0.2, -0.15) is 0 Å². The van der Waals surface area contributed by atoms with Gasteiger partial charge in [0.05, 0.1) is 24.1 Å². The lowest BCUT2D eigenvalue weighted by Crippen LogP contribution is -2.13. The third-order valence-electron chi connectivity index (χ3n) is 4.66. The van der Waals surface area contributed by atoms with Gasteiger partial charge in [0.15, 0.2) is 5.13 Å². The van der Waals surface area contributed by atoms with Gasteiger partial charge in [0, 0.05) is 28.5 Å². The van der Waals surface area contributed by atoms with Gasteiger partial charge in [-0.1, -0.05) is 5.16 Å². The van der Waals surface area contributed by atoms with Crippen molar-refractivity contribution in [2.24, 2.45) is 0 Å². The van der Waals surface area contributed by atoms with E-state index in [0.29, 0.717) is 21.5 Å². The first-order chi connectivity index (χ1) is 15.0. The van der Waals surface area contributed by atoms with Crippen LogP contribution in [0.2, 0.25) is 0 Å². The Morgan fingerprint density at radius 1 is 1.23 bits per heavy atom. The number of amides is 1. The Labute approximate surface area is 187 Å². The average Bonchev–Trinajstić information content (AvgIpc) is 3.39. The summed E-state index contributed by atoms with van der Waals surface area (Å²) in [5.41, 5.74) is 4.11. The molecule has 0 aliphatic carbocycles. The fourth-order valence-electron chi connectivity index (χ4n) is 2.92. The highest BCUT2D eigenvalue weighted by atomic mass is 32.2. The molecule has 4 rings (SSSR count). The SMILES string of the molecule is COc1ccc(-c2csc(NC(=O)c3cccnc3SCc3c(C)noc3C)n2)cc1. The van der Waals surface area contributed by atoms with Gasteiger partial charge in [0.25, 0.3) is 5.91 Å². The van der Waals surface area contributed by atoms with E-state index in [0.717, 1.165) is 34.0 Å². The number of carbonyl (C=O) groups is 1. The van der Waals surface area contributed by atoms with E-state index >= 15 is 0 Å². The van der Waals surface area contributed by atoms with Gasteiger partial charge in [-0.15, -0.1) is 23.1 Å². The number of ether oxygens (including phenoxy) is 1. The number of nitrogens with zero attached hydrogens (tertiary/aromatic N) is 3. The first kappa shape index (κ1) is 21.1. The number of pyridine rings is 1. The van der Waals surface area contributed by atoms with Crippen LogP contribution < -0.4 is 10.1 Å². The van der Waals surface area contributed by atoms with Crippen LogP contribution in [-0.2, 0) is 5.75 Å². The first-order valence-electron chi connectivity index (χ1n) is 9.46. The van der Waals surface area contributed by atoms with E-state index in [1.54, 1.807) is 25.4 Å². The Morgan fingerprint density at radius 3 is 2.74 bits per heavy atom. The Morgan fingerprint density at radius 2 is 2.03 bits per heavy atom. The Kier molecular flexibility index (Phi) is 6.34. The number of thiazole rings is 1. The summed E-state index contributed by atoms with van der Waals surface area (Å²) in [6.07, 6.45) is 1.68. The summed E-state index contributed by atoms with van der Waals surface area (Å²) in [5, 5.41) is 9.95. The summed E-state index contributed by atoms with van der Waals surface area (Å²) in [6.45, 7) is 3.78. The van der Waals surface area contributed by atoms with Crippen LogP contribution in [0.1, 0.15) is 27.4 Å². The second-order valence-electron chi connectivity index (χ2n) is 6.67. The predicted octanol–water partition coefficient (Wildman–Crippen LogP) is 5.36. The molecule has 0 aliphatic rings. The van der Waals surface area contributed by atoms with E-state index in [9.17, 15) is 4.79 Å². The Bertz CT molecular complexity index is 1180. The molecular weight excluding hydrogens is 432 g/mol. The summed E-state index contributed by atoms with van der Waals surface area (Å²) in [4.78, 5) is 21.8. The largest absolute Gasteiger partial charge is 0.497 e. The quantitative estimate of drug-likeness (QED) is 0.377. The van der Waals surface area contributed by atoms with Gasteiger partial charge in [0.2, 0.25) is 0 Å². The van der Waals surface area contributed by atoms with Crippen molar-refractivity contribution in [1.82, 2.24) is 15.1 Å². The van der Waals surface area contributed by atoms with Crippen LogP contribution in [0.15, 0.2) is 57.5 Å². The number of aromatic nitrogens is 3. The molecule has 158 valence electrons. The molecule has 1 amide bonds. The zero-order chi connectivity index (χ0) is 21.8. The molecule has 0 atom stereocenters. The van der Waals surface area contributed by atoms with Gasteiger partial charge in [-0.05, 0) is 50.2 Å². The van der Waals surface area contributed by atoms with E-state index in [2.05, 4.69) is 20.4 Å². The lowest BCUT2D eigenvalue weighted by atomic mass is 10.2. The maximum atomic E-state index is 12.9. The highest BCUT2D eigenvalue weighted by molar-refractivity contribution is 7.98. The van der Waals surface area contributed by atoms with Crippen LogP contribution in [0.25, 0.3) is 11.3 Å². The standard InChI is InChI=1S/C22H20N4O3S2/c1-13-18(14(2)29-26-13)11-30-21-17(5-4-10-23-21)20(27)25-22-24-19(12-31-22)15-6-8-16(28-3)9-7-15/h4-10,12H,11H2,1-3H3,(H,24,25,27). The Balaban J connectivity index is 1.47. The number of hydrogen-bond acceptors (Lipinski definition) is 8. The number of methoxy groups -OCH3 is 1. The van der Waals surface area contributed by atoms with E-state index in [4.69, 9.17) is 9.26 Å². The first-order valence-corrected chi connectivity index (χ1v) is 11.3. The van der Waals surface area contributed by atoms with E-state index in [1.807, 2.05) is 43.5 Å². The predicted molar refractivity (Wildman–Crippen MR) is 122 cm³/mol. The van der Waals surface area contributed by atoms with Crippen molar-refractivity contribution in [2.75, 3.05) is 12.4 Å². The molecule has 1 N–H and O–H groups in total. The number of nitrogens with one attached hydrogen (secondary N) is 1. The van der Waals surface area contributed by atoms with Crippen molar-refractivity contribution in [3.8, 4) is 17.0 Å². The molecule has 0 saturated carbocycles. The number of carbonyl (C=O) groups excluding carboxylic acids is 1. The smallest absolute Gasteiger partial charge is 0.260 e. The molecule has 3 aromatic heterocycles. The van der Waals surface area contributed by atoms with Gasteiger partial charge in [-0.25, -0.2) is 9.97 Å². The number of benzene rings is 1. The molecular formula is C22H20N4O3S2. The molecule has 0 saturated heterocycles. The maximum Gasteiger partial charge on any atom is 0.260 e. The van der Waals surface area contributed by atoms with Gasteiger partial charge < -0.3 is 9.26 Å². The molecule has 4 aromatic rings. The van der Waals surface area contributed by atoms with Crippen molar-refractivity contribution in [1.29, 1.82) is 0 Å².